The van der Waals surface area contributed by atoms with Crippen molar-refractivity contribution in [1.29, 1.82) is 0 Å². The zero-order chi connectivity index (χ0) is 14.3. The van der Waals surface area contributed by atoms with Gasteiger partial charge in [0, 0.05) is 11.5 Å². The standard InChI is InChI=1S/C11H21N3O5/c1-3-18-11(15)10(2)19-9-8-17-7-6-16-5-4-13-14-12/h10H,3-9H2,1-2H3/t10-/m0/s1. The van der Waals surface area contributed by atoms with Crippen LogP contribution in [0.2, 0.25) is 0 Å². The minimum atomic E-state index is -0.580. The molecule has 0 aromatic carbocycles. The molecule has 110 valence electrons. The predicted octanol–water partition coefficient (Wildman–Crippen LogP) is 1.30. The molecule has 0 bridgehead atoms. The molecule has 0 aromatic rings. The van der Waals surface area contributed by atoms with Gasteiger partial charge in [-0.15, -0.1) is 0 Å². The second-order valence-electron chi connectivity index (χ2n) is 3.44. The summed E-state index contributed by atoms with van der Waals surface area (Å²) in [7, 11) is 0. The zero-order valence-corrected chi connectivity index (χ0v) is 11.4. The Morgan fingerprint density at radius 2 is 1.84 bits per heavy atom. The fourth-order valence-electron chi connectivity index (χ4n) is 1.08. The number of hydrogen-bond donors (Lipinski definition) is 0. The first-order valence-electron chi connectivity index (χ1n) is 6.17. The van der Waals surface area contributed by atoms with E-state index in [0.717, 1.165) is 0 Å². The van der Waals surface area contributed by atoms with Crippen LogP contribution < -0.4 is 0 Å². The Labute approximate surface area is 112 Å². The third-order valence-electron chi connectivity index (χ3n) is 1.98. The number of azide groups is 1. The van der Waals surface area contributed by atoms with Gasteiger partial charge in [-0.3, -0.25) is 0 Å². The maximum Gasteiger partial charge on any atom is 0.334 e. The van der Waals surface area contributed by atoms with Crippen molar-refractivity contribution in [1.82, 2.24) is 0 Å². The summed E-state index contributed by atoms with van der Waals surface area (Å²) in [6, 6.07) is 0. The number of carbonyl (C=O) groups is 1. The van der Waals surface area contributed by atoms with Crippen LogP contribution in [0.1, 0.15) is 13.8 Å². The van der Waals surface area contributed by atoms with Crippen molar-refractivity contribution in [2.24, 2.45) is 5.11 Å². The van der Waals surface area contributed by atoms with Gasteiger partial charge in [0.2, 0.25) is 0 Å². The van der Waals surface area contributed by atoms with Gasteiger partial charge in [-0.25, -0.2) is 4.79 Å². The highest BCUT2D eigenvalue weighted by molar-refractivity contribution is 5.74. The van der Waals surface area contributed by atoms with Crippen molar-refractivity contribution in [3.05, 3.63) is 10.4 Å². The first-order chi connectivity index (χ1) is 9.22. The van der Waals surface area contributed by atoms with Gasteiger partial charge in [0.05, 0.1) is 39.6 Å². The van der Waals surface area contributed by atoms with Crippen molar-refractivity contribution in [2.45, 2.75) is 20.0 Å². The molecule has 0 rings (SSSR count). The molecule has 0 aliphatic carbocycles. The number of rotatable bonds is 12. The Balaban J connectivity index is 3.26. The number of hydrogen-bond acceptors (Lipinski definition) is 6. The van der Waals surface area contributed by atoms with E-state index in [1.54, 1.807) is 13.8 Å². The highest BCUT2D eigenvalue weighted by Gasteiger charge is 2.13. The van der Waals surface area contributed by atoms with Crippen LogP contribution in [0, 0.1) is 0 Å². The number of carbonyl (C=O) groups excluding carboxylic acids is 1. The van der Waals surface area contributed by atoms with Gasteiger partial charge in [-0.05, 0) is 19.4 Å². The van der Waals surface area contributed by atoms with Gasteiger partial charge < -0.3 is 18.9 Å². The van der Waals surface area contributed by atoms with Crippen LogP contribution in [0.15, 0.2) is 5.11 Å². The molecule has 0 spiro atoms. The van der Waals surface area contributed by atoms with Crippen molar-refractivity contribution in [3.8, 4) is 0 Å². The number of nitrogens with zero attached hydrogens (tertiary/aromatic N) is 3. The van der Waals surface area contributed by atoms with E-state index >= 15 is 0 Å². The van der Waals surface area contributed by atoms with E-state index in [9.17, 15) is 4.79 Å². The lowest BCUT2D eigenvalue weighted by Crippen LogP contribution is -2.25. The molecule has 0 heterocycles. The summed E-state index contributed by atoms with van der Waals surface area (Å²) in [5.41, 5.74) is 8.01. The van der Waals surface area contributed by atoms with Crippen molar-refractivity contribution in [2.75, 3.05) is 46.2 Å². The van der Waals surface area contributed by atoms with Gasteiger partial charge in [0.15, 0.2) is 6.10 Å². The van der Waals surface area contributed by atoms with Crippen LogP contribution in [-0.4, -0.2) is 58.3 Å². The number of ether oxygens (including phenoxy) is 4. The van der Waals surface area contributed by atoms with Crippen LogP contribution in [0.25, 0.3) is 10.4 Å². The molecule has 0 aliphatic heterocycles. The fraction of sp³-hybridized carbons (Fsp3) is 0.909. The molecule has 0 unspecified atom stereocenters. The highest BCUT2D eigenvalue weighted by Crippen LogP contribution is 1.94. The molecule has 8 nitrogen and oxygen atoms in total. The Morgan fingerprint density at radius 3 is 2.47 bits per heavy atom. The predicted molar refractivity (Wildman–Crippen MR) is 67.7 cm³/mol. The highest BCUT2D eigenvalue weighted by atomic mass is 16.6. The van der Waals surface area contributed by atoms with Crippen LogP contribution in [0.4, 0.5) is 0 Å². The molecule has 0 aliphatic rings. The van der Waals surface area contributed by atoms with E-state index in [-0.39, 0.29) is 5.97 Å². The summed E-state index contributed by atoms with van der Waals surface area (Å²) < 4.78 is 20.4. The third-order valence-corrected chi connectivity index (χ3v) is 1.98. The van der Waals surface area contributed by atoms with Gasteiger partial charge in [-0.2, -0.15) is 0 Å². The molecular formula is C11H21N3O5. The van der Waals surface area contributed by atoms with Crippen LogP contribution in [-0.2, 0) is 23.7 Å². The summed E-state index contributed by atoms with van der Waals surface area (Å²) in [6.45, 7) is 5.97. The van der Waals surface area contributed by atoms with Gasteiger partial charge in [0.25, 0.3) is 0 Å². The lowest BCUT2D eigenvalue weighted by Gasteiger charge is -2.11. The summed E-state index contributed by atoms with van der Waals surface area (Å²) in [4.78, 5) is 13.8. The molecule has 0 saturated carbocycles. The topological polar surface area (TPSA) is 103 Å². The third kappa shape index (κ3) is 11.5. The van der Waals surface area contributed by atoms with Gasteiger partial charge >= 0.3 is 5.97 Å². The maximum atomic E-state index is 11.2. The molecule has 0 amide bonds. The second kappa shape index (κ2) is 13.1. The quantitative estimate of drug-likeness (QED) is 0.175. The average Bonchev–Trinajstić information content (AvgIpc) is 2.41. The Morgan fingerprint density at radius 1 is 1.21 bits per heavy atom. The lowest BCUT2D eigenvalue weighted by atomic mass is 10.4. The number of esters is 1. The van der Waals surface area contributed by atoms with Gasteiger partial charge in [-0.1, -0.05) is 5.11 Å². The van der Waals surface area contributed by atoms with Crippen LogP contribution in [0.5, 0.6) is 0 Å². The first-order valence-corrected chi connectivity index (χ1v) is 6.17. The Hall–Kier alpha value is -1.34. The van der Waals surface area contributed by atoms with Crippen LogP contribution in [0.3, 0.4) is 0 Å². The second-order valence-corrected chi connectivity index (χ2v) is 3.44. The lowest BCUT2D eigenvalue weighted by molar-refractivity contribution is -0.156. The Kier molecular flexibility index (Phi) is 12.2. The monoisotopic (exact) mass is 275 g/mol. The zero-order valence-electron chi connectivity index (χ0n) is 11.4. The molecule has 0 fully saturated rings. The Bertz CT molecular complexity index is 282. The van der Waals surface area contributed by atoms with E-state index < -0.39 is 6.10 Å². The fourth-order valence-corrected chi connectivity index (χ4v) is 1.08. The molecule has 0 N–H and O–H groups in total. The maximum absolute atomic E-state index is 11.2. The van der Waals surface area contributed by atoms with Crippen molar-refractivity contribution < 1.29 is 23.7 Å². The molecule has 8 heteroatoms. The van der Waals surface area contributed by atoms with E-state index in [1.165, 1.54) is 0 Å². The minimum absolute atomic E-state index is 0.316. The van der Waals surface area contributed by atoms with Crippen LogP contribution >= 0.6 is 0 Å². The molecular weight excluding hydrogens is 254 g/mol. The summed E-state index contributed by atoms with van der Waals surface area (Å²) in [6.07, 6.45) is -0.580. The van der Waals surface area contributed by atoms with E-state index in [0.29, 0.717) is 46.2 Å². The van der Waals surface area contributed by atoms with E-state index in [2.05, 4.69) is 10.0 Å². The SMILES string of the molecule is CCOC(=O)[C@H](C)OCCOCCOCCN=[N+]=[N-]. The average molecular weight is 275 g/mol. The first kappa shape index (κ1) is 17.7. The van der Waals surface area contributed by atoms with Gasteiger partial charge in [0.1, 0.15) is 0 Å². The normalized spacial score (nSPS) is 11.7. The molecule has 0 saturated heterocycles. The van der Waals surface area contributed by atoms with E-state index in [4.69, 9.17) is 24.5 Å². The molecule has 0 aromatic heterocycles. The molecule has 1 atom stereocenters. The van der Waals surface area contributed by atoms with E-state index in [1.807, 2.05) is 0 Å². The smallest absolute Gasteiger partial charge is 0.334 e. The summed E-state index contributed by atoms with van der Waals surface area (Å²) in [5, 5.41) is 3.32. The molecule has 19 heavy (non-hydrogen) atoms. The minimum Gasteiger partial charge on any atom is -0.464 e. The molecule has 0 radical (unpaired) electrons. The van der Waals surface area contributed by atoms with Crippen molar-refractivity contribution in [3.63, 3.8) is 0 Å². The summed E-state index contributed by atoms with van der Waals surface area (Å²) in [5.74, 6) is -0.371. The van der Waals surface area contributed by atoms with Crippen molar-refractivity contribution >= 4 is 5.97 Å². The largest absolute Gasteiger partial charge is 0.464 e. The summed E-state index contributed by atoms with van der Waals surface area (Å²) >= 11 is 0.